The molecule has 21 heavy (non-hydrogen) atoms. The normalized spacial score (nSPS) is 127. The summed E-state index contributed by atoms with van der Waals surface area (Å²) in [5.41, 5.74) is 0. The summed E-state index contributed by atoms with van der Waals surface area (Å²) < 4.78 is 4.90. The number of hydrogen-bond donors (Lipinski definition) is 0. The predicted octanol–water partition coefficient (Wildman–Crippen LogP) is 6.07. The van der Waals surface area contributed by atoms with Gasteiger partial charge in [-0.25, -0.2) is 0 Å². The summed E-state index contributed by atoms with van der Waals surface area (Å²) in [7, 11) is 0. The van der Waals surface area contributed by atoms with E-state index in [0.717, 1.165) is 4.82 Å². The van der Waals surface area contributed by atoms with E-state index in [4.69, 9.17) is 0 Å². The molecule has 1 spiro atoms. The predicted molar refractivity (Wildman–Crippen MR) is 79.4 cm³/mol. The molecule has 10 heterocycles. The van der Waals surface area contributed by atoms with Crippen LogP contribution >= 0.6 is 0 Å². The van der Waals surface area contributed by atoms with E-state index in [2.05, 4.69) is 55.4 Å². The van der Waals surface area contributed by atoms with Gasteiger partial charge < -0.3 is 0 Å². The first-order valence-electron chi connectivity index (χ1n) is 8.90. The summed E-state index contributed by atoms with van der Waals surface area (Å²) in [6.45, 7) is 17.5. The maximum absolute atomic E-state index is 12.9. The molecule has 8 unspecified atom stereocenters. The molecule has 10 fully saturated rings. The topological polar surface area (TPSA) is 17.1 Å². The molecule has 1 nitrogen and oxygen atoms in total. The van der Waals surface area contributed by atoms with Gasteiger partial charge in [0.2, 0.25) is 0 Å². The SMILES string of the molecule is C[C]12[CH]3[C]4(C)[C]5(C)[C]1(C)[Fe]32451678[C]2(C)[C]1(C)[C]6(C)[C]7(C=O)[C]28C. The van der Waals surface area contributed by atoms with Crippen LogP contribution in [0.3, 0.4) is 0 Å². The van der Waals surface area contributed by atoms with Gasteiger partial charge in [0.1, 0.15) is 0 Å². The first-order valence-corrected chi connectivity index (χ1v) is 14.5. The zero-order valence-electron chi connectivity index (χ0n) is 14.4. The van der Waals surface area contributed by atoms with Gasteiger partial charge in [0.15, 0.2) is 0 Å². The zero-order chi connectivity index (χ0) is 15.1. The van der Waals surface area contributed by atoms with Crippen LogP contribution < -0.4 is 0 Å². The van der Waals surface area contributed by atoms with Gasteiger partial charge in [-0.1, -0.05) is 0 Å². The van der Waals surface area contributed by atoms with E-state index in [1.54, 1.807) is 6.29 Å². The second-order valence-corrected chi connectivity index (χ2v) is 36.5. The van der Waals surface area contributed by atoms with Crippen LogP contribution in [0.25, 0.3) is 0 Å². The minimum atomic E-state index is -4.21. The van der Waals surface area contributed by atoms with Crippen molar-refractivity contribution >= 4 is 6.29 Å². The molecule has 0 amide bonds. The van der Waals surface area contributed by atoms with E-state index in [9.17, 15) is 4.79 Å². The zero-order valence-corrected chi connectivity index (χ0v) is 15.5. The molecule has 0 saturated carbocycles. The van der Waals surface area contributed by atoms with Crippen LogP contribution in [0.1, 0.15) is 55.4 Å². The number of fused-ring (bicyclic) bond motifs is 10. The van der Waals surface area contributed by atoms with Crippen molar-refractivity contribution in [2.75, 3.05) is 0 Å². The van der Waals surface area contributed by atoms with Crippen LogP contribution in [0.4, 0.5) is 0 Å². The van der Waals surface area contributed by atoms with Crippen LogP contribution in [0, 0.1) is 0 Å². The van der Waals surface area contributed by atoms with Crippen molar-refractivity contribution in [1.82, 2.24) is 0 Å². The van der Waals surface area contributed by atoms with Gasteiger partial charge in [-0.3, -0.25) is 0 Å². The monoisotopic (exact) mass is 326 g/mol. The molecule has 8 atom stereocenters. The Balaban J connectivity index is 1.89. The van der Waals surface area contributed by atoms with Gasteiger partial charge in [-0.05, 0) is 0 Å². The van der Waals surface area contributed by atoms with Gasteiger partial charge >= 0.3 is 117 Å². The Labute approximate surface area is 116 Å². The Morgan fingerprint density at radius 2 is 1.05 bits per heavy atom. The van der Waals surface area contributed by atoms with Crippen molar-refractivity contribution in [3.05, 3.63) is 0 Å². The van der Waals surface area contributed by atoms with Gasteiger partial charge in [0, 0.05) is 0 Å². The Bertz CT molecular complexity index is 1260. The van der Waals surface area contributed by atoms with Crippen molar-refractivity contribution < 1.29 is 11.3 Å². The second kappa shape index (κ2) is 0.698. The third-order valence-corrected chi connectivity index (χ3v) is 78.0. The number of hydrogen-bond acceptors (Lipinski definition) is 1. The van der Waals surface area contributed by atoms with Crippen LogP contribution in [-0.4, -0.2) is 6.29 Å². The number of carbonyl (C=O) groups excluding carboxylic acids is 1. The molecular formula is C19H26FeO. The molecule has 0 N–H and O–H groups in total. The van der Waals surface area contributed by atoms with Crippen LogP contribution in [0.2, 0.25) is 43.6 Å². The first-order chi connectivity index (χ1) is 9.24. The average molecular weight is 326 g/mol. The molecule has 10 rings (SSSR count). The van der Waals surface area contributed by atoms with E-state index in [-0.39, 0.29) is 4.31 Å². The maximum atomic E-state index is 12.9. The van der Waals surface area contributed by atoms with Gasteiger partial charge in [-0.2, -0.15) is 0 Å². The van der Waals surface area contributed by atoms with E-state index in [1.807, 2.05) is 0 Å². The Morgan fingerprint density at radius 3 is 1.10 bits per heavy atom. The van der Waals surface area contributed by atoms with Gasteiger partial charge in [0.25, 0.3) is 0 Å². The summed E-state index contributed by atoms with van der Waals surface area (Å²) in [5, 5.41) is 0. The first kappa shape index (κ1) is 9.48. The summed E-state index contributed by atoms with van der Waals surface area (Å²) in [6.07, 6.45) is 1.62. The molecule has 116 valence electrons. The Hall–Kier alpha value is 0.189. The summed E-state index contributed by atoms with van der Waals surface area (Å²) >= 11 is 0. The average Bonchev–Trinajstić information content (AvgIpc) is 3.39. The van der Waals surface area contributed by atoms with Crippen molar-refractivity contribution in [2.45, 2.75) is 99.0 Å². The molecule has 0 aromatic carbocycles. The Kier molecular flexibility index (Phi) is 0.315. The second-order valence-electron chi connectivity index (χ2n) is 13.2. The molecule has 0 aromatic heterocycles. The fourth-order valence-electron chi connectivity index (χ4n) is 29.1. The molecule has 10 aliphatic heterocycles. The fraction of sp³-hybridized carbons (Fsp3) is 0.947. The van der Waals surface area contributed by atoms with Crippen molar-refractivity contribution in [2.24, 2.45) is 0 Å². The van der Waals surface area contributed by atoms with E-state index in [1.165, 1.54) is 0 Å². The third kappa shape index (κ3) is 0.0620. The van der Waals surface area contributed by atoms with Crippen LogP contribution in [-0.2, 0) is 11.3 Å². The van der Waals surface area contributed by atoms with E-state index < -0.39 is 6.51 Å². The fourth-order valence-corrected chi connectivity index (χ4v) is 129. The number of rotatable bonds is 1. The van der Waals surface area contributed by atoms with E-state index in [0.29, 0.717) is 34.5 Å². The molecule has 2 heteroatoms. The van der Waals surface area contributed by atoms with Crippen molar-refractivity contribution in [3.63, 3.8) is 0 Å². The third-order valence-electron chi connectivity index (χ3n) is 22.6. The van der Waals surface area contributed by atoms with Gasteiger partial charge in [0.05, 0.1) is 0 Å². The molecule has 10 aliphatic rings. The molecule has 10 saturated heterocycles. The molecule has 0 aromatic rings. The van der Waals surface area contributed by atoms with Crippen LogP contribution in [0.5, 0.6) is 0 Å². The molecular weight excluding hydrogens is 300 g/mol. The van der Waals surface area contributed by atoms with Gasteiger partial charge in [-0.15, -0.1) is 0 Å². The summed E-state index contributed by atoms with van der Waals surface area (Å²) in [4.78, 5) is 13.9. The summed E-state index contributed by atoms with van der Waals surface area (Å²) in [6, 6.07) is 0. The molecule has 0 bridgehead atoms. The number of aldehydes is 1. The quantitative estimate of drug-likeness (QED) is 0.422. The Morgan fingerprint density at radius 1 is 0.667 bits per heavy atom. The van der Waals surface area contributed by atoms with E-state index >= 15 is 0 Å². The standard InChI is InChI=1S/C10H13O.C9H13.Fe/c1-6-7(2)9(4)10(5-11)8(6)3;1-6-5-7(2)9(4)8(6)3;/h5H,1-4H3;5H,1-4H3;. The molecule has 0 radical (unpaired) electrons. The summed E-state index contributed by atoms with van der Waals surface area (Å²) in [5.74, 6) is 0. The van der Waals surface area contributed by atoms with Crippen LogP contribution in [0.15, 0.2) is 0 Å². The van der Waals surface area contributed by atoms with Crippen molar-refractivity contribution in [1.29, 1.82) is 0 Å². The number of carbonyl (C=O) groups is 1. The minimum absolute atomic E-state index is 0.204. The van der Waals surface area contributed by atoms with Crippen molar-refractivity contribution in [3.8, 4) is 0 Å². The molecule has 0 aliphatic carbocycles.